The average Bonchev–Trinajstić information content (AvgIpc) is 3.08. The number of carbonyl (C=O) groups is 2. The first-order valence-corrected chi connectivity index (χ1v) is 11.7. The van der Waals surface area contributed by atoms with Crippen LogP contribution in [0.2, 0.25) is 5.02 Å². The zero-order valence-corrected chi connectivity index (χ0v) is 20.5. The van der Waals surface area contributed by atoms with Gasteiger partial charge in [-0.2, -0.15) is 0 Å². The number of nitrogens with zero attached hydrogens (tertiary/aromatic N) is 2. The van der Waals surface area contributed by atoms with Gasteiger partial charge in [-0.15, -0.1) is 0 Å². The Labute approximate surface area is 213 Å². The molecular weight excluding hydrogens is 489 g/mol. The quantitative estimate of drug-likeness (QED) is 0.428. The Hall–Kier alpha value is -3.49. The molecule has 0 radical (unpaired) electrons. The lowest BCUT2D eigenvalue weighted by Gasteiger charge is -2.24. The number of halogens is 2. The Kier molecular flexibility index (Phi) is 7.63. The number of rotatable bonds is 8. The molecule has 1 aliphatic heterocycles. The summed E-state index contributed by atoms with van der Waals surface area (Å²) < 4.78 is 18.5. The van der Waals surface area contributed by atoms with Crippen molar-refractivity contribution in [3.63, 3.8) is 0 Å². The summed E-state index contributed by atoms with van der Waals surface area (Å²) >= 11 is 11.7. The first-order valence-electron chi connectivity index (χ1n) is 10.9. The van der Waals surface area contributed by atoms with Gasteiger partial charge in [0, 0.05) is 23.3 Å². The number of hydrogen-bond acceptors (Lipinski definition) is 4. The molecule has 1 N–H and O–H groups in total. The molecule has 1 fully saturated rings. The summed E-state index contributed by atoms with van der Waals surface area (Å²) in [6, 6.07) is 19.1. The van der Waals surface area contributed by atoms with E-state index < -0.39 is 6.04 Å². The van der Waals surface area contributed by atoms with Gasteiger partial charge in [0.05, 0.1) is 19.2 Å². The van der Waals surface area contributed by atoms with Crippen LogP contribution in [-0.4, -0.2) is 41.5 Å². The zero-order valence-electron chi connectivity index (χ0n) is 18.9. The fourth-order valence-corrected chi connectivity index (χ4v) is 4.44. The van der Waals surface area contributed by atoms with E-state index in [1.807, 2.05) is 0 Å². The maximum atomic E-state index is 13.5. The van der Waals surface area contributed by atoms with Gasteiger partial charge in [-0.3, -0.25) is 14.5 Å². The highest BCUT2D eigenvalue weighted by atomic mass is 35.5. The summed E-state index contributed by atoms with van der Waals surface area (Å²) in [5.41, 5.74) is 2.04. The lowest BCUT2D eigenvalue weighted by molar-refractivity contribution is -0.124. The Balaban J connectivity index is 1.55. The third-order valence-electron chi connectivity index (χ3n) is 5.69. The first-order chi connectivity index (χ1) is 16.9. The third kappa shape index (κ3) is 5.78. The number of carbonyl (C=O) groups excluding carboxylic acids is 2. The number of hydrogen-bond donors (Lipinski definition) is 1. The molecule has 1 saturated heterocycles. The van der Waals surface area contributed by atoms with Gasteiger partial charge in [-0.05, 0) is 72.7 Å². The Bertz CT molecular complexity index is 1240. The maximum Gasteiger partial charge on any atom is 0.256 e. The van der Waals surface area contributed by atoms with E-state index in [0.29, 0.717) is 40.2 Å². The summed E-state index contributed by atoms with van der Waals surface area (Å²) in [7, 11) is 1.55. The van der Waals surface area contributed by atoms with Gasteiger partial charge < -0.3 is 15.0 Å². The van der Waals surface area contributed by atoms with E-state index >= 15 is 0 Å². The van der Waals surface area contributed by atoms with E-state index in [-0.39, 0.29) is 24.1 Å². The summed E-state index contributed by atoms with van der Waals surface area (Å²) in [6.45, 7) is 0.386. The molecule has 9 heteroatoms. The predicted molar refractivity (Wildman–Crippen MR) is 138 cm³/mol. The van der Waals surface area contributed by atoms with Crippen LogP contribution < -0.4 is 15.0 Å². The van der Waals surface area contributed by atoms with Crippen LogP contribution in [0.3, 0.4) is 0 Å². The van der Waals surface area contributed by atoms with Crippen molar-refractivity contribution in [2.24, 2.45) is 0 Å². The fourth-order valence-electron chi connectivity index (χ4n) is 3.90. The number of anilines is 2. The number of benzene rings is 3. The molecule has 0 spiro atoms. The van der Waals surface area contributed by atoms with Gasteiger partial charge in [0.25, 0.3) is 5.91 Å². The van der Waals surface area contributed by atoms with Gasteiger partial charge in [0.2, 0.25) is 5.91 Å². The molecule has 0 aromatic heterocycles. The molecule has 1 aliphatic rings. The van der Waals surface area contributed by atoms with E-state index in [4.69, 9.17) is 28.6 Å². The second kappa shape index (κ2) is 10.8. The monoisotopic (exact) mass is 511 g/mol. The molecule has 1 unspecified atom stereocenters. The van der Waals surface area contributed by atoms with Crippen molar-refractivity contribution in [3.8, 4) is 5.75 Å². The molecule has 0 aliphatic carbocycles. The van der Waals surface area contributed by atoms with E-state index in [0.717, 1.165) is 5.56 Å². The average molecular weight is 512 g/mol. The highest BCUT2D eigenvalue weighted by Gasteiger charge is 2.43. The van der Waals surface area contributed by atoms with E-state index in [9.17, 15) is 14.0 Å². The Morgan fingerprint density at radius 1 is 1.11 bits per heavy atom. The molecule has 1 heterocycles. The van der Waals surface area contributed by atoms with Crippen molar-refractivity contribution in [1.29, 1.82) is 0 Å². The molecule has 0 bridgehead atoms. The zero-order chi connectivity index (χ0) is 24.9. The summed E-state index contributed by atoms with van der Waals surface area (Å²) in [6.07, 6.45) is 0.430. The van der Waals surface area contributed by atoms with Crippen LogP contribution in [0, 0.1) is 5.82 Å². The predicted octanol–water partition coefficient (Wildman–Crippen LogP) is 5.06. The summed E-state index contributed by atoms with van der Waals surface area (Å²) in [4.78, 5) is 29.6. The molecular formula is C26H23ClFN3O3S. The highest BCUT2D eigenvalue weighted by Crippen LogP contribution is 2.29. The number of ether oxygens (including phenoxy) is 1. The topological polar surface area (TPSA) is 61.9 Å². The van der Waals surface area contributed by atoms with Crippen LogP contribution in [0.1, 0.15) is 12.0 Å². The molecule has 3 aromatic rings. The van der Waals surface area contributed by atoms with E-state index in [1.54, 1.807) is 72.7 Å². The Morgan fingerprint density at radius 3 is 2.51 bits per heavy atom. The van der Waals surface area contributed by atoms with Gasteiger partial charge in [0.1, 0.15) is 17.6 Å². The van der Waals surface area contributed by atoms with Crippen LogP contribution in [0.5, 0.6) is 5.75 Å². The van der Waals surface area contributed by atoms with Crippen molar-refractivity contribution in [2.75, 3.05) is 23.9 Å². The lowest BCUT2D eigenvalue weighted by atomic mass is 10.1. The molecule has 2 amide bonds. The minimum atomic E-state index is -0.788. The van der Waals surface area contributed by atoms with Crippen LogP contribution in [0.15, 0.2) is 72.8 Å². The Morgan fingerprint density at radius 2 is 1.83 bits per heavy atom. The van der Waals surface area contributed by atoms with Gasteiger partial charge in [-0.25, -0.2) is 4.39 Å². The van der Waals surface area contributed by atoms with Gasteiger partial charge >= 0.3 is 0 Å². The highest BCUT2D eigenvalue weighted by molar-refractivity contribution is 7.80. The molecule has 6 nitrogen and oxygen atoms in total. The van der Waals surface area contributed by atoms with E-state index in [2.05, 4.69) is 5.32 Å². The van der Waals surface area contributed by atoms with Gasteiger partial charge in [0.15, 0.2) is 5.11 Å². The molecule has 4 rings (SSSR count). The second-order valence-corrected chi connectivity index (χ2v) is 8.80. The fraction of sp³-hybridized carbons (Fsp3) is 0.192. The van der Waals surface area contributed by atoms with Crippen molar-refractivity contribution in [3.05, 3.63) is 89.2 Å². The lowest BCUT2D eigenvalue weighted by Crippen LogP contribution is -2.39. The molecule has 0 saturated carbocycles. The number of nitrogens with one attached hydrogen (secondary N) is 1. The van der Waals surface area contributed by atoms with Crippen LogP contribution in [0.25, 0.3) is 0 Å². The molecule has 1 atom stereocenters. The van der Waals surface area contributed by atoms with Crippen molar-refractivity contribution < 1.29 is 18.7 Å². The van der Waals surface area contributed by atoms with Crippen molar-refractivity contribution in [2.45, 2.75) is 18.9 Å². The standard InChI is InChI=1S/C26H23ClFN3O3S/c1-34-22-4-2-3-20(15-22)29-24(32)16-23-25(33)31(21-11-7-18(27)8-12-21)26(35)30(23)14-13-17-5-9-19(28)10-6-17/h2-12,15,23H,13-14,16H2,1H3,(H,29,32). The number of thiocarbonyl (C=S) groups is 1. The maximum absolute atomic E-state index is 13.5. The minimum Gasteiger partial charge on any atom is -0.497 e. The molecule has 35 heavy (non-hydrogen) atoms. The largest absolute Gasteiger partial charge is 0.497 e. The third-order valence-corrected chi connectivity index (χ3v) is 6.36. The second-order valence-electron chi connectivity index (χ2n) is 8.00. The van der Waals surface area contributed by atoms with Crippen LogP contribution in [-0.2, 0) is 16.0 Å². The van der Waals surface area contributed by atoms with Crippen molar-refractivity contribution in [1.82, 2.24) is 4.90 Å². The normalized spacial score (nSPS) is 15.5. The van der Waals surface area contributed by atoms with Gasteiger partial charge in [-0.1, -0.05) is 29.8 Å². The smallest absolute Gasteiger partial charge is 0.256 e. The SMILES string of the molecule is COc1cccc(NC(=O)CC2C(=O)N(c3ccc(Cl)cc3)C(=S)N2CCc2ccc(F)cc2)c1. The number of amides is 2. The van der Waals surface area contributed by atoms with Crippen molar-refractivity contribution >= 4 is 52.1 Å². The summed E-state index contributed by atoms with van der Waals surface area (Å²) in [5, 5.41) is 3.66. The van der Waals surface area contributed by atoms with Crippen LogP contribution >= 0.6 is 23.8 Å². The molecule has 3 aromatic carbocycles. The van der Waals surface area contributed by atoms with Crippen LogP contribution in [0.4, 0.5) is 15.8 Å². The summed E-state index contributed by atoms with van der Waals surface area (Å²) in [5.74, 6) is -0.334. The van der Waals surface area contributed by atoms with E-state index in [1.165, 1.54) is 17.0 Å². The minimum absolute atomic E-state index is 0.0936. The first kappa shape index (κ1) is 24.6. The number of methoxy groups -OCH3 is 1. The molecule has 180 valence electrons.